The molecular weight excluding hydrogens is 280 g/mol. The van der Waals surface area contributed by atoms with Crippen LogP contribution in [0.5, 0.6) is 5.75 Å². The molecule has 2 aromatic carbocycles. The Morgan fingerprint density at radius 3 is 2.53 bits per heavy atom. The zero-order chi connectivity index (χ0) is 13.7. The van der Waals surface area contributed by atoms with Gasteiger partial charge in [0.1, 0.15) is 5.75 Å². The van der Waals surface area contributed by atoms with Gasteiger partial charge in [0, 0.05) is 9.92 Å². The number of ether oxygens (including phenoxy) is 1. The maximum Gasteiger partial charge on any atom is 0.176 e. The van der Waals surface area contributed by atoms with Crippen LogP contribution in [0.3, 0.4) is 0 Å². The summed E-state index contributed by atoms with van der Waals surface area (Å²) >= 11 is 7.30. The van der Waals surface area contributed by atoms with Gasteiger partial charge in [0.25, 0.3) is 0 Å². The molecule has 0 saturated heterocycles. The minimum Gasteiger partial charge on any atom is -0.496 e. The van der Waals surface area contributed by atoms with Crippen molar-refractivity contribution in [3.63, 3.8) is 0 Å². The first-order valence-corrected chi connectivity index (χ1v) is 7.11. The maximum absolute atomic E-state index is 12.1. The first-order chi connectivity index (χ1) is 9.20. The molecule has 0 spiro atoms. The van der Waals surface area contributed by atoms with Gasteiger partial charge in [-0.25, -0.2) is 0 Å². The van der Waals surface area contributed by atoms with Crippen molar-refractivity contribution >= 4 is 29.1 Å². The molecule has 0 aliphatic heterocycles. The molecule has 0 N–H and O–H groups in total. The lowest BCUT2D eigenvalue weighted by atomic mass is 10.1. The van der Waals surface area contributed by atoms with E-state index in [9.17, 15) is 4.79 Å². The van der Waals surface area contributed by atoms with Gasteiger partial charge in [-0.15, -0.1) is 11.8 Å². The number of Topliss-reactive ketones (excluding diaryl/α,β-unsaturated/α-hetero) is 1. The number of hydrogen-bond acceptors (Lipinski definition) is 3. The zero-order valence-corrected chi connectivity index (χ0v) is 12.0. The number of rotatable bonds is 5. The van der Waals surface area contributed by atoms with E-state index < -0.39 is 0 Å². The highest BCUT2D eigenvalue weighted by Crippen LogP contribution is 2.24. The van der Waals surface area contributed by atoms with Crippen LogP contribution in [-0.4, -0.2) is 18.6 Å². The summed E-state index contributed by atoms with van der Waals surface area (Å²) in [7, 11) is 1.57. The first kappa shape index (κ1) is 14.0. The largest absolute Gasteiger partial charge is 0.496 e. The number of methoxy groups -OCH3 is 1. The second-order valence-electron chi connectivity index (χ2n) is 3.87. The number of carbonyl (C=O) groups excluding carboxylic acids is 1. The fraction of sp³-hybridized carbons (Fsp3) is 0.133. The van der Waals surface area contributed by atoms with Crippen molar-refractivity contribution in [1.29, 1.82) is 0 Å². The molecule has 0 fully saturated rings. The van der Waals surface area contributed by atoms with Gasteiger partial charge in [-0.2, -0.15) is 0 Å². The van der Waals surface area contributed by atoms with Gasteiger partial charge >= 0.3 is 0 Å². The Kier molecular flexibility index (Phi) is 4.88. The van der Waals surface area contributed by atoms with E-state index in [0.29, 0.717) is 22.1 Å². The van der Waals surface area contributed by atoms with Crippen LogP contribution in [0.4, 0.5) is 0 Å². The lowest BCUT2D eigenvalue weighted by Crippen LogP contribution is -2.04. The van der Waals surface area contributed by atoms with Crippen molar-refractivity contribution in [2.24, 2.45) is 0 Å². The smallest absolute Gasteiger partial charge is 0.176 e. The Balaban J connectivity index is 2.03. The maximum atomic E-state index is 12.1. The van der Waals surface area contributed by atoms with E-state index >= 15 is 0 Å². The van der Waals surface area contributed by atoms with E-state index in [-0.39, 0.29) is 5.78 Å². The van der Waals surface area contributed by atoms with Gasteiger partial charge in [0.2, 0.25) is 0 Å². The normalized spacial score (nSPS) is 10.2. The average molecular weight is 293 g/mol. The van der Waals surface area contributed by atoms with Crippen LogP contribution < -0.4 is 4.74 Å². The van der Waals surface area contributed by atoms with Crippen molar-refractivity contribution in [3.05, 3.63) is 59.1 Å². The lowest BCUT2D eigenvalue weighted by molar-refractivity contribution is 0.101. The highest BCUT2D eigenvalue weighted by atomic mass is 35.5. The molecule has 0 aliphatic carbocycles. The second kappa shape index (κ2) is 6.64. The van der Waals surface area contributed by atoms with Crippen molar-refractivity contribution in [2.45, 2.75) is 4.90 Å². The summed E-state index contributed by atoms with van der Waals surface area (Å²) in [4.78, 5) is 13.2. The summed E-state index contributed by atoms with van der Waals surface area (Å²) in [6, 6.07) is 14.7. The quantitative estimate of drug-likeness (QED) is 0.606. The Morgan fingerprint density at radius 1 is 1.16 bits per heavy atom. The lowest BCUT2D eigenvalue weighted by Gasteiger charge is -2.07. The number of carbonyl (C=O) groups is 1. The highest BCUT2D eigenvalue weighted by Gasteiger charge is 2.11. The second-order valence-corrected chi connectivity index (χ2v) is 5.35. The SMILES string of the molecule is COc1ccccc1C(=O)CSc1ccc(Cl)cc1. The standard InChI is InChI=1S/C15H13ClO2S/c1-18-15-5-3-2-4-13(15)14(17)10-19-12-8-6-11(16)7-9-12/h2-9H,10H2,1H3. The third kappa shape index (κ3) is 3.75. The summed E-state index contributed by atoms with van der Waals surface area (Å²) in [5, 5.41) is 0.695. The summed E-state index contributed by atoms with van der Waals surface area (Å²) in [6.07, 6.45) is 0. The van der Waals surface area contributed by atoms with Crippen molar-refractivity contribution in [2.75, 3.05) is 12.9 Å². The Bertz CT molecular complexity index is 567. The molecule has 98 valence electrons. The fourth-order valence-corrected chi connectivity index (χ4v) is 2.54. The van der Waals surface area contributed by atoms with Crippen LogP contribution in [0.2, 0.25) is 5.02 Å². The van der Waals surface area contributed by atoms with Gasteiger partial charge in [-0.05, 0) is 36.4 Å². The molecule has 0 unspecified atom stereocenters. The van der Waals surface area contributed by atoms with Crippen molar-refractivity contribution in [1.82, 2.24) is 0 Å². The molecule has 0 amide bonds. The summed E-state index contributed by atoms with van der Waals surface area (Å²) in [5.74, 6) is 1.05. The van der Waals surface area contributed by atoms with Gasteiger partial charge < -0.3 is 4.74 Å². The van der Waals surface area contributed by atoms with Gasteiger partial charge in [0.15, 0.2) is 5.78 Å². The molecule has 0 aromatic heterocycles. The van der Waals surface area contributed by atoms with E-state index in [2.05, 4.69) is 0 Å². The number of hydrogen-bond donors (Lipinski definition) is 0. The first-order valence-electron chi connectivity index (χ1n) is 5.75. The van der Waals surface area contributed by atoms with Gasteiger partial charge in [0.05, 0.1) is 18.4 Å². The summed E-state index contributed by atoms with van der Waals surface area (Å²) in [5.41, 5.74) is 0.617. The number of benzene rings is 2. The minimum atomic E-state index is 0.0531. The fourth-order valence-electron chi connectivity index (χ4n) is 1.63. The van der Waals surface area contributed by atoms with E-state index in [1.165, 1.54) is 11.8 Å². The zero-order valence-electron chi connectivity index (χ0n) is 10.4. The molecule has 19 heavy (non-hydrogen) atoms. The van der Waals surface area contributed by atoms with Crippen LogP contribution in [0.25, 0.3) is 0 Å². The highest BCUT2D eigenvalue weighted by molar-refractivity contribution is 8.00. The Morgan fingerprint density at radius 2 is 1.84 bits per heavy atom. The number of para-hydroxylation sites is 1. The molecule has 0 radical (unpaired) electrons. The van der Waals surface area contributed by atoms with Gasteiger partial charge in [-0.1, -0.05) is 23.7 Å². The average Bonchev–Trinajstić information content (AvgIpc) is 2.46. The third-order valence-corrected chi connectivity index (χ3v) is 3.85. The molecule has 2 rings (SSSR count). The molecular formula is C15H13ClO2S. The van der Waals surface area contributed by atoms with E-state index in [1.54, 1.807) is 19.2 Å². The molecule has 0 aliphatic rings. The monoisotopic (exact) mass is 292 g/mol. The van der Waals surface area contributed by atoms with Crippen LogP contribution in [-0.2, 0) is 0 Å². The van der Waals surface area contributed by atoms with Crippen LogP contribution in [0.15, 0.2) is 53.4 Å². The van der Waals surface area contributed by atoms with E-state index in [4.69, 9.17) is 16.3 Å². The molecule has 0 heterocycles. The minimum absolute atomic E-state index is 0.0531. The number of halogens is 1. The summed E-state index contributed by atoms with van der Waals surface area (Å²) < 4.78 is 5.19. The van der Waals surface area contributed by atoms with Gasteiger partial charge in [-0.3, -0.25) is 4.79 Å². The Labute approximate surface area is 121 Å². The van der Waals surface area contributed by atoms with Crippen LogP contribution >= 0.6 is 23.4 Å². The van der Waals surface area contributed by atoms with E-state index in [1.807, 2.05) is 36.4 Å². The molecule has 0 atom stereocenters. The van der Waals surface area contributed by atoms with Crippen molar-refractivity contribution < 1.29 is 9.53 Å². The number of ketones is 1. The van der Waals surface area contributed by atoms with Crippen LogP contribution in [0, 0.1) is 0 Å². The predicted octanol–water partition coefficient (Wildman–Crippen LogP) is 4.32. The number of thioether (sulfide) groups is 1. The molecule has 0 bridgehead atoms. The third-order valence-electron chi connectivity index (χ3n) is 2.59. The predicted molar refractivity (Wildman–Crippen MR) is 79.5 cm³/mol. The Hall–Kier alpha value is -1.45. The molecule has 0 saturated carbocycles. The molecule has 4 heteroatoms. The molecule has 2 aromatic rings. The van der Waals surface area contributed by atoms with Crippen molar-refractivity contribution in [3.8, 4) is 5.75 Å². The van der Waals surface area contributed by atoms with Crippen LogP contribution in [0.1, 0.15) is 10.4 Å². The topological polar surface area (TPSA) is 26.3 Å². The summed E-state index contributed by atoms with van der Waals surface area (Å²) in [6.45, 7) is 0. The van der Waals surface area contributed by atoms with E-state index in [0.717, 1.165) is 4.90 Å². The molecule has 2 nitrogen and oxygen atoms in total.